The zero-order valence-electron chi connectivity index (χ0n) is 20.8. The summed E-state index contributed by atoms with van der Waals surface area (Å²) in [6, 6.07) is 4.74. The minimum Gasteiger partial charge on any atom is -0.0955 e. The van der Waals surface area contributed by atoms with E-state index in [1.54, 1.807) is 11.1 Å². The van der Waals surface area contributed by atoms with Crippen LogP contribution in [0, 0.1) is 20.8 Å². The highest BCUT2D eigenvalue weighted by atomic mass is 14.4. The summed E-state index contributed by atoms with van der Waals surface area (Å²) in [5, 5.41) is 0. The molecule has 0 aliphatic heterocycles. The Balaban J connectivity index is 2.55. The van der Waals surface area contributed by atoms with Crippen molar-refractivity contribution < 1.29 is 0 Å². The standard InChI is InChI=1S/C30H40/c1-11-24-25(12-2)30(29(23-14-15-23)22(10)27(24)18(5)6)26-16-13-19(7)21(9)28(26)20(8)17(3)4/h13,16,23H,5,11-12,14-15H2,1-4,6-10H3. The monoisotopic (exact) mass is 400 g/mol. The van der Waals surface area contributed by atoms with E-state index in [1.165, 1.54) is 74.1 Å². The van der Waals surface area contributed by atoms with Gasteiger partial charge in [0.15, 0.2) is 0 Å². The third-order valence-corrected chi connectivity index (χ3v) is 7.27. The number of hydrogen-bond acceptors (Lipinski definition) is 0. The van der Waals surface area contributed by atoms with Gasteiger partial charge in [-0.25, -0.2) is 0 Å². The number of aryl methyl sites for hydroxylation is 1. The second kappa shape index (κ2) is 8.58. The van der Waals surface area contributed by atoms with Gasteiger partial charge in [-0.1, -0.05) is 43.7 Å². The van der Waals surface area contributed by atoms with Gasteiger partial charge in [0, 0.05) is 0 Å². The summed E-state index contributed by atoms with van der Waals surface area (Å²) < 4.78 is 0. The van der Waals surface area contributed by atoms with E-state index >= 15 is 0 Å². The molecule has 1 saturated carbocycles. The van der Waals surface area contributed by atoms with E-state index in [0.29, 0.717) is 5.92 Å². The molecule has 0 amide bonds. The molecule has 0 saturated heterocycles. The Kier molecular flexibility index (Phi) is 6.46. The maximum atomic E-state index is 4.38. The molecule has 0 radical (unpaired) electrons. The number of benzene rings is 2. The molecule has 0 atom stereocenters. The lowest BCUT2D eigenvalue weighted by atomic mass is 9.76. The van der Waals surface area contributed by atoms with Gasteiger partial charge < -0.3 is 0 Å². The maximum Gasteiger partial charge on any atom is -0.0100 e. The second-order valence-electron chi connectivity index (χ2n) is 9.56. The van der Waals surface area contributed by atoms with E-state index in [4.69, 9.17) is 0 Å². The summed E-state index contributed by atoms with van der Waals surface area (Å²) in [5.41, 5.74) is 18.9. The quantitative estimate of drug-likeness (QED) is 0.453. The molecule has 0 bridgehead atoms. The highest BCUT2D eigenvalue weighted by molar-refractivity contribution is 5.90. The predicted octanol–water partition coefficient (Wildman–Crippen LogP) is 9.13. The molecule has 0 unspecified atom stereocenters. The van der Waals surface area contributed by atoms with Crippen LogP contribution in [0.15, 0.2) is 24.3 Å². The summed E-state index contributed by atoms with van der Waals surface area (Å²) in [7, 11) is 0. The molecule has 0 aromatic heterocycles. The maximum absolute atomic E-state index is 4.38. The van der Waals surface area contributed by atoms with Gasteiger partial charge in [0.05, 0.1) is 0 Å². The molecule has 0 heteroatoms. The average molecular weight is 401 g/mol. The van der Waals surface area contributed by atoms with Gasteiger partial charge in [-0.05, 0) is 141 Å². The molecule has 0 heterocycles. The predicted molar refractivity (Wildman–Crippen MR) is 135 cm³/mol. The molecule has 0 N–H and O–H groups in total. The summed E-state index contributed by atoms with van der Waals surface area (Å²) >= 11 is 0. The summed E-state index contributed by atoms with van der Waals surface area (Å²) in [6.45, 7) is 24.9. The molecular formula is C30H40. The van der Waals surface area contributed by atoms with Gasteiger partial charge in [0.25, 0.3) is 0 Å². The van der Waals surface area contributed by atoms with Crippen LogP contribution in [0.4, 0.5) is 0 Å². The first-order chi connectivity index (χ1) is 14.1. The zero-order chi connectivity index (χ0) is 22.3. The molecule has 2 aromatic carbocycles. The third-order valence-electron chi connectivity index (χ3n) is 7.27. The molecule has 2 aromatic rings. The van der Waals surface area contributed by atoms with Crippen molar-refractivity contribution in [2.75, 3.05) is 0 Å². The van der Waals surface area contributed by atoms with Gasteiger partial charge >= 0.3 is 0 Å². The van der Waals surface area contributed by atoms with Crippen LogP contribution in [0.2, 0.25) is 0 Å². The first-order valence-corrected chi connectivity index (χ1v) is 11.7. The van der Waals surface area contributed by atoms with Crippen LogP contribution >= 0.6 is 0 Å². The van der Waals surface area contributed by atoms with E-state index in [9.17, 15) is 0 Å². The Morgan fingerprint density at radius 1 is 0.867 bits per heavy atom. The smallest absolute Gasteiger partial charge is 0.0100 e. The molecule has 1 aliphatic carbocycles. The Labute approximate surface area is 185 Å². The van der Waals surface area contributed by atoms with Crippen LogP contribution < -0.4 is 0 Å². The van der Waals surface area contributed by atoms with E-state index in [-0.39, 0.29) is 0 Å². The van der Waals surface area contributed by atoms with Gasteiger partial charge in [-0.15, -0.1) is 0 Å². The fraction of sp³-hybridized carbons (Fsp3) is 0.467. The van der Waals surface area contributed by atoms with Crippen LogP contribution in [-0.4, -0.2) is 0 Å². The molecular weight excluding hydrogens is 360 g/mol. The van der Waals surface area contributed by atoms with Crippen LogP contribution in [0.3, 0.4) is 0 Å². The van der Waals surface area contributed by atoms with Crippen LogP contribution in [-0.2, 0) is 12.8 Å². The van der Waals surface area contributed by atoms with Gasteiger partial charge in [-0.2, -0.15) is 0 Å². The lowest BCUT2D eigenvalue weighted by Crippen LogP contribution is -2.09. The molecule has 30 heavy (non-hydrogen) atoms. The van der Waals surface area contributed by atoms with Crippen molar-refractivity contribution in [2.45, 2.75) is 93.9 Å². The van der Waals surface area contributed by atoms with Crippen molar-refractivity contribution >= 4 is 11.1 Å². The summed E-state index contributed by atoms with van der Waals surface area (Å²) in [6.07, 6.45) is 4.77. The highest BCUT2D eigenvalue weighted by Crippen LogP contribution is 2.51. The van der Waals surface area contributed by atoms with Crippen molar-refractivity contribution in [3.8, 4) is 11.1 Å². The third kappa shape index (κ3) is 3.70. The van der Waals surface area contributed by atoms with Crippen molar-refractivity contribution in [1.29, 1.82) is 0 Å². The number of hydrogen-bond donors (Lipinski definition) is 0. The number of allylic oxidation sites excluding steroid dienone is 3. The van der Waals surface area contributed by atoms with Crippen LogP contribution in [0.5, 0.6) is 0 Å². The molecule has 0 nitrogen and oxygen atoms in total. The molecule has 1 fully saturated rings. The van der Waals surface area contributed by atoms with Gasteiger partial charge in [-0.3, -0.25) is 0 Å². The van der Waals surface area contributed by atoms with Crippen molar-refractivity contribution in [2.24, 2.45) is 0 Å². The first kappa shape index (κ1) is 22.6. The SMILES string of the molecule is C=C(C)c1c(C)c(C2CC2)c(-c2ccc(C)c(C)c2C(C)=C(C)C)c(CC)c1CC. The van der Waals surface area contributed by atoms with Gasteiger partial charge in [0.2, 0.25) is 0 Å². The zero-order valence-corrected chi connectivity index (χ0v) is 20.8. The van der Waals surface area contributed by atoms with E-state index < -0.39 is 0 Å². The van der Waals surface area contributed by atoms with Crippen molar-refractivity contribution in [3.63, 3.8) is 0 Å². The lowest BCUT2D eigenvalue weighted by Gasteiger charge is -2.28. The largest absolute Gasteiger partial charge is 0.0955 e. The molecule has 1 aliphatic rings. The Morgan fingerprint density at radius 3 is 1.93 bits per heavy atom. The Bertz CT molecular complexity index is 1030. The van der Waals surface area contributed by atoms with Crippen LogP contribution in [0.1, 0.15) is 105 Å². The first-order valence-electron chi connectivity index (χ1n) is 11.7. The fourth-order valence-electron chi connectivity index (χ4n) is 5.32. The van der Waals surface area contributed by atoms with Crippen molar-refractivity contribution in [3.05, 3.63) is 68.8 Å². The lowest BCUT2D eigenvalue weighted by molar-refractivity contribution is 0.992. The Morgan fingerprint density at radius 2 is 1.47 bits per heavy atom. The fourth-order valence-corrected chi connectivity index (χ4v) is 5.32. The molecule has 160 valence electrons. The minimum absolute atomic E-state index is 0.704. The minimum atomic E-state index is 0.704. The van der Waals surface area contributed by atoms with Gasteiger partial charge in [0.1, 0.15) is 0 Å². The summed E-state index contributed by atoms with van der Waals surface area (Å²) in [5.74, 6) is 0.704. The second-order valence-corrected chi connectivity index (χ2v) is 9.56. The highest BCUT2D eigenvalue weighted by Gasteiger charge is 2.33. The van der Waals surface area contributed by atoms with Crippen molar-refractivity contribution in [1.82, 2.24) is 0 Å². The average Bonchev–Trinajstić information content (AvgIpc) is 3.52. The molecule has 0 spiro atoms. The van der Waals surface area contributed by atoms with Crippen LogP contribution in [0.25, 0.3) is 22.3 Å². The molecule has 3 rings (SSSR count). The topological polar surface area (TPSA) is 0 Å². The van der Waals surface area contributed by atoms with E-state index in [1.807, 2.05) is 0 Å². The van der Waals surface area contributed by atoms with E-state index in [2.05, 4.69) is 81.0 Å². The van der Waals surface area contributed by atoms with E-state index in [0.717, 1.165) is 12.8 Å². The summed E-state index contributed by atoms with van der Waals surface area (Å²) in [4.78, 5) is 0. The Hall–Kier alpha value is -2.08. The number of rotatable bonds is 6. The normalized spacial score (nSPS) is 13.5.